The first-order chi connectivity index (χ1) is 15.7. The fraction of sp³-hybridized carbons (Fsp3) is 0.480. The second-order valence-corrected chi connectivity index (χ2v) is 7.48. The van der Waals surface area contributed by atoms with Gasteiger partial charge in [0.2, 0.25) is 0 Å². The molecule has 0 saturated carbocycles. The minimum atomic E-state index is 0. The van der Waals surface area contributed by atoms with Crippen LogP contribution in [0.4, 0.5) is 5.69 Å². The number of hydrogen-bond donors (Lipinski definition) is 2. The Morgan fingerprint density at radius 1 is 1.00 bits per heavy atom. The fourth-order valence-electron chi connectivity index (χ4n) is 3.75. The maximum absolute atomic E-state index is 5.73. The molecule has 0 unspecified atom stereocenters. The molecular weight excluding hydrogens is 531 g/mol. The van der Waals surface area contributed by atoms with E-state index in [2.05, 4.69) is 56.9 Å². The first-order valence-corrected chi connectivity index (χ1v) is 11.5. The number of nitrogens with one attached hydrogen (secondary N) is 2. The summed E-state index contributed by atoms with van der Waals surface area (Å²) in [5.41, 5.74) is 3.71. The zero-order valence-corrected chi connectivity index (χ0v) is 22.3. The molecule has 0 spiro atoms. The van der Waals surface area contributed by atoms with Crippen LogP contribution >= 0.6 is 24.0 Å². The van der Waals surface area contributed by atoms with Crippen LogP contribution in [0.5, 0.6) is 11.5 Å². The number of para-hydroxylation sites is 1. The van der Waals surface area contributed by atoms with Crippen molar-refractivity contribution in [2.24, 2.45) is 4.99 Å². The highest BCUT2D eigenvalue weighted by molar-refractivity contribution is 14.0. The van der Waals surface area contributed by atoms with E-state index in [9.17, 15) is 0 Å². The van der Waals surface area contributed by atoms with Crippen molar-refractivity contribution < 1.29 is 14.2 Å². The predicted octanol–water partition coefficient (Wildman–Crippen LogP) is 3.85. The van der Waals surface area contributed by atoms with E-state index in [0.29, 0.717) is 19.8 Å². The number of nitrogens with zero attached hydrogens (tertiary/aromatic N) is 2. The lowest BCUT2D eigenvalue weighted by molar-refractivity contribution is 0.122. The summed E-state index contributed by atoms with van der Waals surface area (Å²) in [6, 6.07) is 14.7. The largest absolute Gasteiger partial charge is 0.490 e. The summed E-state index contributed by atoms with van der Waals surface area (Å²) in [6.07, 6.45) is 0.859. The van der Waals surface area contributed by atoms with Gasteiger partial charge in [-0.2, -0.15) is 0 Å². The van der Waals surface area contributed by atoms with Gasteiger partial charge in [-0.3, -0.25) is 4.99 Å². The average molecular weight is 569 g/mol. The molecule has 0 amide bonds. The fourth-order valence-corrected chi connectivity index (χ4v) is 3.75. The molecular formula is C25H37IN4O3. The molecule has 0 aromatic heterocycles. The highest BCUT2D eigenvalue weighted by Gasteiger charge is 2.14. The quantitative estimate of drug-likeness (QED) is 0.258. The van der Waals surface area contributed by atoms with Crippen molar-refractivity contribution in [2.45, 2.75) is 26.8 Å². The Bertz CT molecular complexity index is 872. The number of halogens is 1. The number of aliphatic imine (C=N–C) groups is 1. The molecule has 1 fully saturated rings. The topological polar surface area (TPSA) is 67.4 Å². The van der Waals surface area contributed by atoms with Gasteiger partial charge in [-0.05, 0) is 49.6 Å². The highest BCUT2D eigenvalue weighted by Crippen LogP contribution is 2.28. The van der Waals surface area contributed by atoms with Crippen molar-refractivity contribution >= 4 is 35.6 Å². The van der Waals surface area contributed by atoms with E-state index in [1.807, 2.05) is 19.9 Å². The Labute approximate surface area is 214 Å². The van der Waals surface area contributed by atoms with Gasteiger partial charge in [0.15, 0.2) is 17.5 Å². The molecule has 8 heteroatoms. The molecule has 1 aliphatic heterocycles. The van der Waals surface area contributed by atoms with Crippen LogP contribution in [0.25, 0.3) is 0 Å². The number of benzene rings is 2. The lowest BCUT2D eigenvalue weighted by Crippen LogP contribution is -2.39. The summed E-state index contributed by atoms with van der Waals surface area (Å²) < 4.78 is 16.9. The van der Waals surface area contributed by atoms with Gasteiger partial charge >= 0.3 is 0 Å². The zero-order chi connectivity index (χ0) is 22.6. The normalized spacial score (nSPS) is 13.8. The summed E-state index contributed by atoms with van der Waals surface area (Å²) in [7, 11) is 1.80. The molecule has 3 rings (SSSR count). The smallest absolute Gasteiger partial charge is 0.191 e. The number of ether oxygens (including phenoxy) is 3. The summed E-state index contributed by atoms with van der Waals surface area (Å²) in [5, 5.41) is 6.86. The molecule has 2 aromatic carbocycles. The van der Waals surface area contributed by atoms with E-state index in [4.69, 9.17) is 14.2 Å². The van der Waals surface area contributed by atoms with E-state index in [1.54, 1.807) is 7.05 Å². The summed E-state index contributed by atoms with van der Waals surface area (Å²) in [5.74, 6) is 2.38. The van der Waals surface area contributed by atoms with E-state index in [-0.39, 0.29) is 24.0 Å². The second-order valence-electron chi connectivity index (χ2n) is 7.48. The SMILES string of the molecule is CCOc1ccc(CCNC(=NC)NCc2ccccc2N2CCOCC2)cc1OCC.I. The molecule has 1 saturated heterocycles. The van der Waals surface area contributed by atoms with Gasteiger partial charge in [-0.1, -0.05) is 24.3 Å². The van der Waals surface area contributed by atoms with E-state index < -0.39 is 0 Å². The molecule has 1 aliphatic rings. The summed E-state index contributed by atoms with van der Waals surface area (Å²) >= 11 is 0. The minimum Gasteiger partial charge on any atom is -0.490 e. The predicted molar refractivity (Wildman–Crippen MR) is 146 cm³/mol. The van der Waals surface area contributed by atoms with Crippen molar-refractivity contribution in [2.75, 3.05) is 58.0 Å². The minimum absolute atomic E-state index is 0. The van der Waals surface area contributed by atoms with E-state index in [0.717, 1.165) is 56.7 Å². The standard InChI is InChI=1S/C25H36N4O3.HI/c1-4-31-23-11-10-20(18-24(23)32-5-2)12-13-27-25(26-3)28-19-21-8-6-7-9-22(21)29-14-16-30-17-15-29;/h6-11,18H,4-5,12-17,19H2,1-3H3,(H2,26,27,28);1H. The number of hydrogen-bond acceptors (Lipinski definition) is 5. The number of rotatable bonds is 10. The van der Waals surface area contributed by atoms with Gasteiger partial charge in [0, 0.05) is 38.9 Å². The lowest BCUT2D eigenvalue weighted by Gasteiger charge is -2.30. The molecule has 0 bridgehead atoms. The Balaban J connectivity index is 0.00000385. The van der Waals surface area contributed by atoms with Gasteiger partial charge in [0.25, 0.3) is 0 Å². The molecule has 2 aromatic rings. The molecule has 1 heterocycles. The van der Waals surface area contributed by atoms with Crippen LogP contribution < -0.4 is 25.0 Å². The first kappa shape index (κ1) is 27.0. The Hall–Kier alpha value is -2.20. The van der Waals surface area contributed by atoms with Crippen LogP contribution in [0, 0.1) is 0 Å². The average Bonchev–Trinajstić information content (AvgIpc) is 2.84. The third-order valence-corrected chi connectivity index (χ3v) is 5.33. The molecule has 2 N–H and O–H groups in total. The molecule has 0 radical (unpaired) electrons. The maximum Gasteiger partial charge on any atom is 0.191 e. The van der Waals surface area contributed by atoms with Crippen molar-refractivity contribution in [3.05, 3.63) is 53.6 Å². The highest BCUT2D eigenvalue weighted by atomic mass is 127. The molecule has 0 atom stereocenters. The van der Waals surface area contributed by atoms with Crippen LogP contribution in [-0.2, 0) is 17.7 Å². The van der Waals surface area contributed by atoms with Crippen LogP contribution in [-0.4, -0.2) is 59.1 Å². The van der Waals surface area contributed by atoms with Crippen molar-refractivity contribution in [1.82, 2.24) is 10.6 Å². The monoisotopic (exact) mass is 568 g/mol. The van der Waals surface area contributed by atoms with Crippen molar-refractivity contribution in [3.8, 4) is 11.5 Å². The Morgan fingerprint density at radius 2 is 1.73 bits per heavy atom. The molecule has 33 heavy (non-hydrogen) atoms. The van der Waals surface area contributed by atoms with Crippen LogP contribution in [0.2, 0.25) is 0 Å². The number of guanidine groups is 1. The summed E-state index contributed by atoms with van der Waals surface area (Å²) in [4.78, 5) is 6.77. The van der Waals surface area contributed by atoms with Gasteiger partial charge in [-0.15, -0.1) is 24.0 Å². The van der Waals surface area contributed by atoms with Crippen molar-refractivity contribution in [1.29, 1.82) is 0 Å². The van der Waals surface area contributed by atoms with Crippen molar-refractivity contribution in [3.63, 3.8) is 0 Å². The maximum atomic E-state index is 5.73. The van der Waals surface area contributed by atoms with Crippen LogP contribution in [0.3, 0.4) is 0 Å². The first-order valence-electron chi connectivity index (χ1n) is 11.5. The lowest BCUT2D eigenvalue weighted by atomic mass is 10.1. The zero-order valence-electron chi connectivity index (χ0n) is 19.9. The Morgan fingerprint density at radius 3 is 2.45 bits per heavy atom. The third-order valence-electron chi connectivity index (χ3n) is 5.33. The molecule has 7 nitrogen and oxygen atoms in total. The molecule has 0 aliphatic carbocycles. The van der Waals surface area contributed by atoms with Gasteiger partial charge in [-0.25, -0.2) is 0 Å². The van der Waals surface area contributed by atoms with E-state index >= 15 is 0 Å². The second kappa shape index (κ2) is 14.8. The van der Waals surface area contributed by atoms with E-state index in [1.165, 1.54) is 16.8 Å². The Kier molecular flexibility index (Phi) is 12.2. The van der Waals surface area contributed by atoms with Gasteiger partial charge < -0.3 is 29.7 Å². The van der Waals surface area contributed by atoms with Crippen LogP contribution in [0.15, 0.2) is 47.5 Å². The van der Waals surface area contributed by atoms with Gasteiger partial charge in [0.05, 0.1) is 26.4 Å². The summed E-state index contributed by atoms with van der Waals surface area (Å²) in [6.45, 7) is 10.1. The molecule has 182 valence electrons. The van der Waals surface area contributed by atoms with Gasteiger partial charge in [0.1, 0.15) is 0 Å². The van der Waals surface area contributed by atoms with Crippen LogP contribution in [0.1, 0.15) is 25.0 Å². The number of morpholine rings is 1. The number of anilines is 1. The third kappa shape index (κ3) is 8.26.